The Morgan fingerprint density at radius 3 is 3.00 bits per heavy atom. The van der Waals surface area contributed by atoms with Gasteiger partial charge in [-0.3, -0.25) is 0 Å². The van der Waals surface area contributed by atoms with E-state index in [2.05, 4.69) is 9.97 Å². The summed E-state index contributed by atoms with van der Waals surface area (Å²) in [6.45, 7) is 2.01. The van der Waals surface area contributed by atoms with Gasteiger partial charge in [-0.2, -0.15) is 0 Å². The first-order chi connectivity index (χ1) is 7.26. The number of nitrogens with zero attached hydrogens (tertiary/aromatic N) is 1. The van der Waals surface area contributed by atoms with Crippen LogP contribution >= 0.6 is 0 Å². The van der Waals surface area contributed by atoms with Gasteiger partial charge >= 0.3 is 5.97 Å². The Labute approximate surface area is 87.3 Å². The maximum atomic E-state index is 11.4. The predicted octanol–water partition coefficient (Wildman–Crippen LogP) is 1.91. The highest BCUT2D eigenvalue weighted by Gasteiger charge is 2.12. The summed E-state index contributed by atoms with van der Waals surface area (Å²) < 4.78 is 4.69. The van der Waals surface area contributed by atoms with E-state index in [1.165, 1.54) is 7.11 Å². The second kappa shape index (κ2) is 3.73. The van der Waals surface area contributed by atoms with Gasteiger partial charge in [0.15, 0.2) is 0 Å². The summed E-state index contributed by atoms with van der Waals surface area (Å²) in [6.07, 6.45) is 0.815. The number of carbonyl (C=O) groups excluding carboxylic acids is 1. The van der Waals surface area contributed by atoms with Gasteiger partial charge < -0.3 is 9.72 Å². The van der Waals surface area contributed by atoms with Crippen LogP contribution in [0.3, 0.4) is 0 Å². The molecular formula is C11H12N2O2. The molecule has 1 N–H and O–H groups in total. The van der Waals surface area contributed by atoms with Crippen molar-refractivity contribution in [2.24, 2.45) is 0 Å². The molecule has 0 spiro atoms. The lowest BCUT2D eigenvalue weighted by molar-refractivity contribution is 0.0603. The van der Waals surface area contributed by atoms with E-state index in [1.807, 2.05) is 19.1 Å². The van der Waals surface area contributed by atoms with Gasteiger partial charge in [0.1, 0.15) is 11.3 Å². The average molecular weight is 204 g/mol. The Bertz CT molecular complexity index is 502. The highest BCUT2D eigenvalue weighted by atomic mass is 16.5. The number of esters is 1. The predicted molar refractivity (Wildman–Crippen MR) is 56.8 cm³/mol. The molecule has 4 nitrogen and oxygen atoms in total. The number of ether oxygens (including phenoxy) is 1. The van der Waals surface area contributed by atoms with E-state index in [9.17, 15) is 4.79 Å². The molecule has 2 aromatic rings. The zero-order valence-corrected chi connectivity index (χ0v) is 8.70. The van der Waals surface area contributed by atoms with Crippen molar-refractivity contribution in [3.05, 3.63) is 29.6 Å². The Kier molecular flexibility index (Phi) is 2.41. The molecule has 0 unspecified atom stereocenters. The first kappa shape index (κ1) is 9.71. The fourth-order valence-corrected chi connectivity index (χ4v) is 1.53. The molecule has 0 amide bonds. The minimum absolute atomic E-state index is 0.352. The smallest absolute Gasteiger partial charge is 0.340 e. The van der Waals surface area contributed by atoms with Gasteiger partial charge in [-0.25, -0.2) is 9.78 Å². The Balaban J connectivity index is 2.64. The molecule has 0 saturated heterocycles. The molecule has 0 radical (unpaired) electrons. The van der Waals surface area contributed by atoms with Crippen molar-refractivity contribution in [2.75, 3.05) is 7.11 Å². The third-order valence-electron chi connectivity index (χ3n) is 2.30. The van der Waals surface area contributed by atoms with Crippen LogP contribution in [0.1, 0.15) is 23.1 Å². The van der Waals surface area contributed by atoms with Crippen LogP contribution in [-0.4, -0.2) is 23.0 Å². The lowest BCUT2D eigenvalue weighted by atomic mass is 10.2. The third-order valence-corrected chi connectivity index (χ3v) is 2.30. The van der Waals surface area contributed by atoms with Crippen LogP contribution in [0.2, 0.25) is 0 Å². The zero-order valence-electron chi connectivity index (χ0n) is 8.70. The fraction of sp³-hybridized carbons (Fsp3) is 0.273. The molecule has 0 fully saturated rings. The van der Waals surface area contributed by atoms with Crippen LogP contribution in [-0.2, 0) is 11.2 Å². The number of aromatic nitrogens is 2. The molecule has 1 heterocycles. The Hall–Kier alpha value is -1.84. The number of methoxy groups -OCH3 is 1. The summed E-state index contributed by atoms with van der Waals surface area (Å²) >= 11 is 0. The minimum atomic E-state index is -0.352. The summed E-state index contributed by atoms with van der Waals surface area (Å²) in [5, 5.41) is 0. The Morgan fingerprint density at radius 2 is 2.33 bits per heavy atom. The molecule has 0 aliphatic rings. The standard InChI is InChI=1S/C11H12N2O2/c1-3-9-12-8-6-4-5-7(10(8)13-9)11(14)15-2/h4-6H,3H2,1-2H3,(H,12,13). The molecule has 0 aliphatic carbocycles. The van der Waals surface area contributed by atoms with Crippen LogP contribution in [0.5, 0.6) is 0 Å². The first-order valence-corrected chi connectivity index (χ1v) is 4.82. The summed E-state index contributed by atoms with van der Waals surface area (Å²) in [6, 6.07) is 5.43. The number of benzene rings is 1. The highest BCUT2D eigenvalue weighted by Crippen LogP contribution is 2.17. The maximum Gasteiger partial charge on any atom is 0.340 e. The molecule has 0 atom stereocenters. The van der Waals surface area contributed by atoms with Crippen molar-refractivity contribution in [2.45, 2.75) is 13.3 Å². The molecule has 0 aliphatic heterocycles. The topological polar surface area (TPSA) is 55.0 Å². The number of rotatable bonds is 2. The van der Waals surface area contributed by atoms with E-state index >= 15 is 0 Å². The number of fused-ring (bicyclic) bond motifs is 1. The van der Waals surface area contributed by atoms with E-state index in [4.69, 9.17) is 4.74 Å². The molecule has 15 heavy (non-hydrogen) atoms. The average Bonchev–Trinajstić information content (AvgIpc) is 2.70. The molecule has 2 rings (SSSR count). The number of H-pyrrole nitrogens is 1. The van der Waals surface area contributed by atoms with Crippen LogP contribution in [0.15, 0.2) is 18.2 Å². The number of aromatic amines is 1. The van der Waals surface area contributed by atoms with Gasteiger partial charge in [-0.15, -0.1) is 0 Å². The van der Waals surface area contributed by atoms with Crippen molar-refractivity contribution in [3.63, 3.8) is 0 Å². The van der Waals surface area contributed by atoms with E-state index in [-0.39, 0.29) is 5.97 Å². The van der Waals surface area contributed by atoms with Gasteiger partial charge in [-0.05, 0) is 12.1 Å². The number of aryl methyl sites for hydroxylation is 1. The SMILES string of the molecule is CCc1nc2c(C(=O)OC)cccc2[nH]1. The maximum absolute atomic E-state index is 11.4. The number of hydrogen-bond donors (Lipinski definition) is 1. The number of nitrogens with one attached hydrogen (secondary N) is 1. The van der Waals surface area contributed by atoms with Gasteiger partial charge in [0.25, 0.3) is 0 Å². The molecule has 4 heteroatoms. The highest BCUT2D eigenvalue weighted by molar-refractivity contribution is 6.01. The van der Waals surface area contributed by atoms with E-state index in [1.54, 1.807) is 6.07 Å². The number of carbonyl (C=O) groups is 1. The van der Waals surface area contributed by atoms with Crippen LogP contribution in [0.25, 0.3) is 11.0 Å². The van der Waals surface area contributed by atoms with Crippen molar-refractivity contribution in [1.82, 2.24) is 9.97 Å². The van der Waals surface area contributed by atoms with Crippen LogP contribution in [0.4, 0.5) is 0 Å². The van der Waals surface area contributed by atoms with E-state index in [0.29, 0.717) is 11.1 Å². The third kappa shape index (κ3) is 1.58. The monoisotopic (exact) mass is 204 g/mol. The van der Waals surface area contributed by atoms with Crippen molar-refractivity contribution in [3.8, 4) is 0 Å². The molecular weight excluding hydrogens is 192 g/mol. The summed E-state index contributed by atoms with van der Waals surface area (Å²) in [4.78, 5) is 18.9. The fourth-order valence-electron chi connectivity index (χ4n) is 1.53. The number of imidazole rings is 1. The molecule has 1 aromatic heterocycles. The number of para-hydroxylation sites is 1. The quantitative estimate of drug-likeness (QED) is 0.760. The lowest BCUT2D eigenvalue weighted by Gasteiger charge is -1.98. The summed E-state index contributed by atoms with van der Waals surface area (Å²) in [5.74, 6) is 0.524. The van der Waals surface area contributed by atoms with Gasteiger partial charge in [0, 0.05) is 6.42 Å². The molecule has 0 bridgehead atoms. The first-order valence-electron chi connectivity index (χ1n) is 4.82. The van der Waals surface area contributed by atoms with Crippen molar-refractivity contribution < 1.29 is 9.53 Å². The lowest BCUT2D eigenvalue weighted by Crippen LogP contribution is -2.01. The second-order valence-electron chi connectivity index (χ2n) is 3.23. The summed E-state index contributed by atoms with van der Waals surface area (Å²) in [7, 11) is 1.37. The zero-order chi connectivity index (χ0) is 10.8. The van der Waals surface area contributed by atoms with Gasteiger partial charge in [0.05, 0.1) is 18.2 Å². The molecule has 78 valence electrons. The largest absolute Gasteiger partial charge is 0.465 e. The van der Waals surface area contributed by atoms with Crippen LogP contribution in [0, 0.1) is 0 Å². The second-order valence-corrected chi connectivity index (χ2v) is 3.23. The minimum Gasteiger partial charge on any atom is -0.465 e. The van der Waals surface area contributed by atoms with Crippen LogP contribution < -0.4 is 0 Å². The van der Waals surface area contributed by atoms with Gasteiger partial charge in [-0.1, -0.05) is 13.0 Å². The van der Waals surface area contributed by atoms with Crippen molar-refractivity contribution >= 4 is 17.0 Å². The normalized spacial score (nSPS) is 10.5. The van der Waals surface area contributed by atoms with E-state index < -0.39 is 0 Å². The molecule has 0 saturated carbocycles. The Morgan fingerprint density at radius 1 is 1.53 bits per heavy atom. The number of hydrogen-bond acceptors (Lipinski definition) is 3. The summed E-state index contributed by atoms with van der Waals surface area (Å²) in [5.41, 5.74) is 2.06. The van der Waals surface area contributed by atoms with E-state index in [0.717, 1.165) is 17.8 Å². The molecule has 1 aromatic carbocycles. The van der Waals surface area contributed by atoms with Crippen molar-refractivity contribution in [1.29, 1.82) is 0 Å². The van der Waals surface area contributed by atoms with Gasteiger partial charge in [0.2, 0.25) is 0 Å².